The molecule has 1 atom stereocenters. The molecule has 1 saturated heterocycles. The summed E-state index contributed by atoms with van der Waals surface area (Å²) in [5.74, 6) is -0.189. The maximum Gasteiger partial charge on any atom is 0.146 e. The second-order valence-corrected chi connectivity index (χ2v) is 4.89. The van der Waals surface area contributed by atoms with Gasteiger partial charge in [0.25, 0.3) is 0 Å². The lowest BCUT2D eigenvalue weighted by atomic mass is 10.2. The summed E-state index contributed by atoms with van der Waals surface area (Å²) in [5, 5.41) is 4.06. The first-order valence-electron chi connectivity index (χ1n) is 6.14. The van der Waals surface area contributed by atoms with E-state index in [0.29, 0.717) is 16.8 Å². The highest BCUT2D eigenvalue weighted by molar-refractivity contribution is 6.30. The van der Waals surface area contributed by atoms with Crippen LogP contribution in [-0.2, 0) is 0 Å². The fourth-order valence-electron chi connectivity index (χ4n) is 2.22. The van der Waals surface area contributed by atoms with Crippen molar-refractivity contribution in [2.24, 2.45) is 0 Å². The molecule has 1 N–H and O–H groups in total. The zero-order chi connectivity index (χ0) is 12.3. The average Bonchev–Trinajstić information content (AvgIpc) is 2.57. The van der Waals surface area contributed by atoms with E-state index in [1.54, 1.807) is 12.1 Å². The van der Waals surface area contributed by atoms with Gasteiger partial charge in [-0.25, -0.2) is 4.39 Å². The van der Waals surface area contributed by atoms with E-state index in [9.17, 15) is 4.39 Å². The molecule has 1 aromatic carbocycles. The van der Waals surface area contributed by atoms with Crippen LogP contribution in [0.5, 0.6) is 0 Å². The third kappa shape index (κ3) is 3.11. The van der Waals surface area contributed by atoms with Crippen molar-refractivity contribution in [3.8, 4) is 0 Å². The normalized spacial score (nSPS) is 21.4. The van der Waals surface area contributed by atoms with Crippen LogP contribution in [0.4, 0.5) is 10.1 Å². The van der Waals surface area contributed by atoms with Gasteiger partial charge in [-0.2, -0.15) is 0 Å². The molecule has 17 heavy (non-hydrogen) atoms. The molecule has 0 bridgehead atoms. The third-order valence-electron chi connectivity index (χ3n) is 3.22. The predicted molar refractivity (Wildman–Crippen MR) is 70.3 cm³/mol. The van der Waals surface area contributed by atoms with E-state index in [2.05, 4.69) is 17.1 Å². The van der Waals surface area contributed by atoms with Gasteiger partial charge < -0.3 is 10.2 Å². The Bertz CT molecular complexity index is 384. The summed E-state index contributed by atoms with van der Waals surface area (Å²) in [6, 6.07) is 5.18. The Kier molecular flexibility index (Phi) is 4.24. The van der Waals surface area contributed by atoms with Crippen LogP contribution < -0.4 is 10.2 Å². The number of nitrogens with one attached hydrogen (secondary N) is 1. The second-order valence-electron chi connectivity index (χ2n) is 4.45. The Labute approximate surface area is 107 Å². The van der Waals surface area contributed by atoms with Gasteiger partial charge in [0, 0.05) is 24.2 Å². The lowest BCUT2D eigenvalue weighted by Crippen LogP contribution is -2.37. The minimum atomic E-state index is -0.189. The quantitative estimate of drug-likeness (QED) is 0.875. The minimum absolute atomic E-state index is 0.189. The predicted octanol–water partition coefficient (Wildman–Crippen LogP) is 3.06. The standard InChI is InChI=1S/C13H18ClFN2/c1-2-11-9-17(7-3-6-16-11)13-8-10(14)4-5-12(13)15/h4-5,8,11,16H,2-3,6-7,9H2,1H3. The van der Waals surface area contributed by atoms with Crippen LogP contribution >= 0.6 is 11.6 Å². The summed E-state index contributed by atoms with van der Waals surface area (Å²) in [7, 11) is 0. The van der Waals surface area contributed by atoms with Crippen LogP contribution in [0.1, 0.15) is 19.8 Å². The Hall–Kier alpha value is -0.800. The van der Waals surface area contributed by atoms with Crippen LogP contribution in [-0.4, -0.2) is 25.7 Å². The molecule has 0 saturated carbocycles. The maximum atomic E-state index is 13.8. The molecule has 4 heteroatoms. The highest BCUT2D eigenvalue weighted by Gasteiger charge is 2.19. The molecule has 0 amide bonds. The molecule has 1 aliphatic rings. The highest BCUT2D eigenvalue weighted by Crippen LogP contribution is 2.24. The zero-order valence-electron chi connectivity index (χ0n) is 10.0. The van der Waals surface area contributed by atoms with E-state index in [1.165, 1.54) is 6.07 Å². The fourth-order valence-corrected chi connectivity index (χ4v) is 2.38. The van der Waals surface area contributed by atoms with E-state index in [1.807, 2.05) is 0 Å². The summed E-state index contributed by atoms with van der Waals surface area (Å²) in [6.45, 7) is 4.86. The molecule has 2 rings (SSSR count). The largest absolute Gasteiger partial charge is 0.368 e. The van der Waals surface area contributed by atoms with E-state index in [0.717, 1.165) is 32.5 Å². The number of anilines is 1. The van der Waals surface area contributed by atoms with E-state index < -0.39 is 0 Å². The number of nitrogens with zero attached hydrogens (tertiary/aromatic N) is 1. The van der Waals surface area contributed by atoms with Crippen LogP contribution in [0.15, 0.2) is 18.2 Å². The van der Waals surface area contributed by atoms with Crippen molar-refractivity contribution < 1.29 is 4.39 Å². The average molecular weight is 257 g/mol. The lowest BCUT2D eigenvalue weighted by molar-refractivity contribution is 0.525. The molecule has 1 aromatic rings. The minimum Gasteiger partial charge on any atom is -0.368 e. The van der Waals surface area contributed by atoms with Gasteiger partial charge in [-0.1, -0.05) is 18.5 Å². The summed E-state index contributed by atoms with van der Waals surface area (Å²) in [4.78, 5) is 2.09. The van der Waals surface area contributed by atoms with Gasteiger partial charge in [0.05, 0.1) is 5.69 Å². The Morgan fingerprint density at radius 2 is 2.35 bits per heavy atom. The van der Waals surface area contributed by atoms with Crippen LogP contribution in [0.3, 0.4) is 0 Å². The molecule has 0 spiro atoms. The Morgan fingerprint density at radius 1 is 1.53 bits per heavy atom. The van der Waals surface area contributed by atoms with Gasteiger partial charge in [-0.05, 0) is 37.6 Å². The molecule has 1 fully saturated rings. The highest BCUT2D eigenvalue weighted by atomic mass is 35.5. The molecule has 0 aliphatic carbocycles. The Balaban J connectivity index is 2.21. The number of hydrogen-bond acceptors (Lipinski definition) is 2. The van der Waals surface area contributed by atoms with Crippen LogP contribution in [0.25, 0.3) is 0 Å². The van der Waals surface area contributed by atoms with Gasteiger partial charge >= 0.3 is 0 Å². The molecule has 1 unspecified atom stereocenters. The molecule has 94 valence electrons. The van der Waals surface area contributed by atoms with Gasteiger partial charge in [-0.3, -0.25) is 0 Å². The maximum absolute atomic E-state index is 13.8. The number of benzene rings is 1. The van der Waals surface area contributed by atoms with Crippen molar-refractivity contribution in [1.29, 1.82) is 0 Å². The van der Waals surface area contributed by atoms with Gasteiger partial charge in [0.1, 0.15) is 5.82 Å². The van der Waals surface area contributed by atoms with Gasteiger partial charge in [0.15, 0.2) is 0 Å². The molecule has 1 aliphatic heterocycles. The van der Waals surface area contributed by atoms with E-state index in [4.69, 9.17) is 11.6 Å². The number of hydrogen-bond donors (Lipinski definition) is 1. The summed E-state index contributed by atoms with van der Waals surface area (Å²) in [6.07, 6.45) is 2.08. The summed E-state index contributed by atoms with van der Waals surface area (Å²) < 4.78 is 13.8. The van der Waals surface area contributed by atoms with Crippen molar-refractivity contribution in [1.82, 2.24) is 5.32 Å². The van der Waals surface area contributed by atoms with Crippen molar-refractivity contribution in [2.45, 2.75) is 25.8 Å². The van der Waals surface area contributed by atoms with Crippen molar-refractivity contribution >= 4 is 17.3 Å². The first-order chi connectivity index (χ1) is 8.20. The molecule has 2 nitrogen and oxygen atoms in total. The van der Waals surface area contributed by atoms with Gasteiger partial charge in [0.2, 0.25) is 0 Å². The van der Waals surface area contributed by atoms with Gasteiger partial charge in [-0.15, -0.1) is 0 Å². The summed E-state index contributed by atoms with van der Waals surface area (Å²) in [5.41, 5.74) is 0.625. The zero-order valence-corrected chi connectivity index (χ0v) is 10.8. The first kappa shape index (κ1) is 12.7. The smallest absolute Gasteiger partial charge is 0.146 e. The monoisotopic (exact) mass is 256 g/mol. The van der Waals surface area contributed by atoms with Crippen molar-refractivity contribution in [2.75, 3.05) is 24.5 Å². The third-order valence-corrected chi connectivity index (χ3v) is 3.46. The van der Waals surface area contributed by atoms with E-state index >= 15 is 0 Å². The molecule has 0 radical (unpaired) electrons. The Morgan fingerprint density at radius 3 is 3.12 bits per heavy atom. The van der Waals surface area contributed by atoms with E-state index in [-0.39, 0.29) is 5.82 Å². The van der Waals surface area contributed by atoms with Crippen LogP contribution in [0.2, 0.25) is 5.02 Å². The molecular formula is C13H18ClFN2. The number of halogens is 2. The fraction of sp³-hybridized carbons (Fsp3) is 0.538. The second kappa shape index (κ2) is 5.69. The molecule has 0 aromatic heterocycles. The topological polar surface area (TPSA) is 15.3 Å². The van der Waals surface area contributed by atoms with Crippen molar-refractivity contribution in [3.05, 3.63) is 29.0 Å². The summed E-state index contributed by atoms with van der Waals surface area (Å²) >= 11 is 5.94. The SMILES string of the molecule is CCC1CN(c2cc(Cl)ccc2F)CCCN1. The number of rotatable bonds is 2. The molecular weight excluding hydrogens is 239 g/mol. The first-order valence-corrected chi connectivity index (χ1v) is 6.52. The lowest BCUT2D eigenvalue weighted by Gasteiger charge is -2.26. The molecule has 1 heterocycles. The van der Waals surface area contributed by atoms with Crippen LogP contribution in [0, 0.1) is 5.82 Å². The van der Waals surface area contributed by atoms with Crippen molar-refractivity contribution in [3.63, 3.8) is 0 Å².